The molecule has 3 nitrogen and oxygen atoms in total. The highest BCUT2D eigenvalue weighted by atomic mass is 16.5. The van der Waals surface area contributed by atoms with Gasteiger partial charge in [0.15, 0.2) is 5.82 Å². The predicted octanol–water partition coefficient (Wildman–Crippen LogP) is 9.98. The molecule has 0 amide bonds. The van der Waals surface area contributed by atoms with Gasteiger partial charge < -0.3 is 4.74 Å². The summed E-state index contributed by atoms with van der Waals surface area (Å²) in [5.41, 5.74) is 2.33. The molecule has 36 heavy (non-hydrogen) atoms. The molecule has 1 heterocycles. The number of ether oxygens (including phenoxy) is 1. The maximum Gasteiger partial charge on any atom is 0.159 e. The molecule has 200 valence electrons. The van der Waals surface area contributed by atoms with Crippen LogP contribution in [0.3, 0.4) is 0 Å². The van der Waals surface area contributed by atoms with Crippen LogP contribution in [0.1, 0.15) is 129 Å². The van der Waals surface area contributed by atoms with E-state index in [1.807, 2.05) is 24.5 Å². The second kappa shape index (κ2) is 17.5. The number of aryl methyl sites for hydroxylation is 1. The topological polar surface area (TPSA) is 35.0 Å². The van der Waals surface area contributed by atoms with Crippen molar-refractivity contribution in [3.05, 3.63) is 42.2 Å². The van der Waals surface area contributed by atoms with E-state index < -0.39 is 0 Å². The lowest BCUT2D eigenvalue weighted by atomic mass is 9.78. The number of aromatic nitrogens is 2. The summed E-state index contributed by atoms with van der Waals surface area (Å²) in [6.07, 6.45) is 28.5. The largest absolute Gasteiger partial charge is 0.494 e. The van der Waals surface area contributed by atoms with E-state index in [1.54, 1.807) is 0 Å². The molecule has 0 bridgehead atoms. The fourth-order valence-corrected chi connectivity index (χ4v) is 5.62. The van der Waals surface area contributed by atoms with Gasteiger partial charge in [0, 0.05) is 18.0 Å². The van der Waals surface area contributed by atoms with Gasteiger partial charge in [-0.05, 0) is 60.9 Å². The summed E-state index contributed by atoms with van der Waals surface area (Å²) in [4.78, 5) is 9.34. The highest BCUT2D eigenvalue weighted by Crippen LogP contribution is 2.34. The molecule has 1 aromatic heterocycles. The van der Waals surface area contributed by atoms with Crippen molar-refractivity contribution in [2.75, 3.05) is 6.61 Å². The lowest BCUT2D eigenvalue weighted by Gasteiger charge is -2.28. The van der Waals surface area contributed by atoms with E-state index in [0.717, 1.165) is 48.4 Å². The Kier molecular flexibility index (Phi) is 14.0. The number of unbranched alkanes of at least 4 members (excludes halogenated alkanes) is 9. The third-order valence-corrected chi connectivity index (χ3v) is 8.11. The zero-order valence-electron chi connectivity index (χ0n) is 23.4. The van der Waals surface area contributed by atoms with Crippen LogP contribution in [0.2, 0.25) is 0 Å². The number of nitrogens with zero attached hydrogens (tertiary/aromatic N) is 2. The van der Waals surface area contributed by atoms with Crippen molar-refractivity contribution in [2.45, 2.75) is 129 Å². The van der Waals surface area contributed by atoms with Crippen molar-refractivity contribution in [1.29, 1.82) is 0 Å². The van der Waals surface area contributed by atoms with Gasteiger partial charge in [0.05, 0.1) is 6.61 Å². The van der Waals surface area contributed by atoms with Crippen LogP contribution in [-0.4, -0.2) is 16.6 Å². The summed E-state index contributed by atoms with van der Waals surface area (Å²) >= 11 is 0. The van der Waals surface area contributed by atoms with Crippen molar-refractivity contribution in [1.82, 2.24) is 9.97 Å². The number of hydrogen-bond donors (Lipinski definition) is 0. The van der Waals surface area contributed by atoms with Crippen molar-refractivity contribution in [3.8, 4) is 17.1 Å². The van der Waals surface area contributed by atoms with E-state index >= 15 is 0 Å². The molecular weight excluding hydrogens is 440 g/mol. The number of rotatable bonds is 18. The van der Waals surface area contributed by atoms with E-state index in [1.165, 1.54) is 108 Å². The Morgan fingerprint density at radius 3 is 1.86 bits per heavy atom. The number of benzene rings is 1. The van der Waals surface area contributed by atoms with Crippen molar-refractivity contribution in [2.24, 2.45) is 11.8 Å². The lowest BCUT2D eigenvalue weighted by Crippen LogP contribution is -2.15. The zero-order chi connectivity index (χ0) is 25.3. The molecule has 1 aromatic carbocycles. The first-order valence-electron chi connectivity index (χ1n) is 15.3. The standard InChI is InChI=1S/C33H52N2O/c1-3-5-7-9-11-13-25-36-32-23-21-31(22-24-32)33-34-26-30(27-35-33)20-19-29-17-15-28(16-18-29)14-12-10-8-6-4-2/h21-24,26-29H,3-20,25H2,1-2H3/t28-,29-. The molecule has 1 saturated carbocycles. The van der Waals surface area contributed by atoms with E-state index in [9.17, 15) is 0 Å². The van der Waals surface area contributed by atoms with E-state index in [2.05, 4.69) is 35.9 Å². The molecule has 0 radical (unpaired) electrons. The SMILES string of the molecule is CCCCCCCCOc1ccc(-c2ncc(CC[C@H]3CC[C@H](CCCCCCC)CC3)cn2)cc1. The number of hydrogen-bond acceptors (Lipinski definition) is 3. The summed E-state index contributed by atoms with van der Waals surface area (Å²) in [5.74, 6) is 3.64. The van der Waals surface area contributed by atoms with Gasteiger partial charge in [-0.1, -0.05) is 110 Å². The van der Waals surface area contributed by atoms with Gasteiger partial charge >= 0.3 is 0 Å². The Morgan fingerprint density at radius 1 is 0.667 bits per heavy atom. The van der Waals surface area contributed by atoms with Gasteiger partial charge in [0.1, 0.15) is 5.75 Å². The summed E-state index contributed by atoms with van der Waals surface area (Å²) < 4.78 is 5.91. The molecule has 1 fully saturated rings. The maximum absolute atomic E-state index is 5.91. The average molecular weight is 493 g/mol. The minimum Gasteiger partial charge on any atom is -0.494 e. The summed E-state index contributed by atoms with van der Waals surface area (Å²) in [7, 11) is 0. The molecule has 1 aliphatic rings. The van der Waals surface area contributed by atoms with Gasteiger partial charge in [0.25, 0.3) is 0 Å². The van der Waals surface area contributed by atoms with Crippen LogP contribution in [0.15, 0.2) is 36.7 Å². The minimum atomic E-state index is 0.803. The molecule has 3 heteroatoms. The van der Waals surface area contributed by atoms with Crippen LogP contribution in [-0.2, 0) is 6.42 Å². The van der Waals surface area contributed by atoms with Crippen molar-refractivity contribution >= 4 is 0 Å². The van der Waals surface area contributed by atoms with Gasteiger partial charge in [-0.15, -0.1) is 0 Å². The van der Waals surface area contributed by atoms with Gasteiger partial charge in [0.2, 0.25) is 0 Å². The molecule has 2 aromatic rings. The van der Waals surface area contributed by atoms with Crippen molar-refractivity contribution in [3.63, 3.8) is 0 Å². The molecule has 0 aliphatic heterocycles. The highest BCUT2D eigenvalue weighted by molar-refractivity contribution is 5.55. The quantitative estimate of drug-likeness (QED) is 0.194. The molecule has 0 saturated heterocycles. The summed E-state index contributed by atoms with van der Waals surface area (Å²) in [6, 6.07) is 8.25. The normalized spacial score (nSPS) is 17.8. The summed E-state index contributed by atoms with van der Waals surface area (Å²) in [5, 5.41) is 0. The second-order valence-corrected chi connectivity index (χ2v) is 11.2. The predicted molar refractivity (Wildman–Crippen MR) is 153 cm³/mol. The Hall–Kier alpha value is -1.90. The molecular formula is C33H52N2O. The van der Waals surface area contributed by atoms with Gasteiger partial charge in [-0.25, -0.2) is 9.97 Å². The van der Waals surface area contributed by atoms with E-state index in [4.69, 9.17) is 4.74 Å². The first-order valence-corrected chi connectivity index (χ1v) is 15.3. The minimum absolute atomic E-state index is 0.803. The van der Waals surface area contributed by atoms with Crippen molar-refractivity contribution < 1.29 is 4.74 Å². The summed E-state index contributed by atoms with van der Waals surface area (Å²) in [6.45, 7) is 5.36. The van der Waals surface area contributed by atoms with Gasteiger partial charge in [-0.3, -0.25) is 0 Å². The Balaban J connectivity index is 1.31. The average Bonchev–Trinajstić information content (AvgIpc) is 2.93. The third-order valence-electron chi connectivity index (χ3n) is 8.11. The van der Waals surface area contributed by atoms with Crippen LogP contribution in [0.5, 0.6) is 5.75 Å². The van der Waals surface area contributed by atoms with E-state index in [-0.39, 0.29) is 0 Å². The molecule has 0 unspecified atom stereocenters. The van der Waals surface area contributed by atoms with Crippen LogP contribution in [0.4, 0.5) is 0 Å². The molecule has 0 N–H and O–H groups in total. The zero-order valence-corrected chi connectivity index (χ0v) is 23.4. The third kappa shape index (κ3) is 11.0. The van der Waals surface area contributed by atoms with Crippen LogP contribution < -0.4 is 4.74 Å². The lowest BCUT2D eigenvalue weighted by molar-refractivity contribution is 0.248. The Morgan fingerprint density at radius 2 is 1.22 bits per heavy atom. The molecule has 0 spiro atoms. The highest BCUT2D eigenvalue weighted by Gasteiger charge is 2.20. The first-order chi connectivity index (χ1) is 17.8. The molecule has 3 rings (SSSR count). The molecule has 1 aliphatic carbocycles. The van der Waals surface area contributed by atoms with Crippen LogP contribution in [0.25, 0.3) is 11.4 Å². The monoisotopic (exact) mass is 492 g/mol. The second-order valence-electron chi connectivity index (χ2n) is 11.2. The van der Waals surface area contributed by atoms with Crippen LogP contribution >= 0.6 is 0 Å². The van der Waals surface area contributed by atoms with Crippen LogP contribution in [0, 0.1) is 11.8 Å². The Bertz CT molecular complexity index is 793. The fourth-order valence-electron chi connectivity index (χ4n) is 5.62. The van der Waals surface area contributed by atoms with Gasteiger partial charge in [-0.2, -0.15) is 0 Å². The first kappa shape index (κ1) is 28.7. The fraction of sp³-hybridized carbons (Fsp3) is 0.697. The molecule has 0 atom stereocenters. The Labute approximate surface area is 221 Å². The smallest absolute Gasteiger partial charge is 0.159 e. The van der Waals surface area contributed by atoms with E-state index in [0.29, 0.717) is 0 Å². The maximum atomic E-state index is 5.91.